The third-order valence-corrected chi connectivity index (χ3v) is 8.01. The van der Waals surface area contributed by atoms with Crippen molar-refractivity contribution in [2.45, 2.75) is 70.4 Å². The number of imide groups is 1. The van der Waals surface area contributed by atoms with Crippen molar-refractivity contribution in [1.82, 2.24) is 15.5 Å². The summed E-state index contributed by atoms with van der Waals surface area (Å²) in [6, 6.07) is 11.5. The quantitative estimate of drug-likeness (QED) is 0.548. The van der Waals surface area contributed by atoms with Gasteiger partial charge in [0.2, 0.25) is 5.91 Å². The van der Waals surface area contributed by atoms with Crippen molar-refractivity contribution in [3.8, 4) is 0 Å². The predicted octanol–water partition coefficient (Wildman–Crippen LogP) is 4.80. The van der Waals surface area contributed by atoms with E-state index in [0.717, 1.165) is 53.9 Å². The molecule has 6 nitrogen and oxygen atoms in total. The van der Waals surface area contributed by atoms with Gasteiger partial charge in [0, 0.05) is 4.88 Å². The first kappa shape index (κ1) is 23.5. The summed E-state index contributed by atoms with van der Waals surface area (Å²) in [7, 11) is 0. The van der Waals surface area contributed by atoms with Crippen LogP contribution in [0.15, 0.2) is 41.8 Å². The Morgan fingerprint density at radius 2 is 2.03 bits per heavy atom. The number of hydrogen-bond donors (Lipinski definition) is 2. The number of carbonyl (C=O) groups excluding carboxylic acids is 3. The molecule has 3 atom stereocenters. The van der Waals surface area contributed by atoms with Crippen molar-refractivity contribution in [1.29, 1.82) is 0 Å². The van der Waals surface area contributed by atoms with Gasteiger partial charge in [-0.3, -0.25) is 14.5 Å². The Bertz CT molecular complexity index is 989. The van der Waals surface area contributed by atoms with Crippen LogP contribution in [0.25, 0.3) is 0 Å². The maximum atomic E-state index is 13.2. The van der Waals surface area contributed by atoms with E-state index < -0.39 is 11.6 Å². The Kier molecular flexibility index (Phi) is 7.17. The highest BCUT2D eigenvalue weighted by molar-refractivity contribution is 7.10. The molecule has 2 aromatic rings. The number of aryl methyl sites for hydroxylation is 1. The van der Waals surface area contributed by atoms with E-state index in [4.69, 9.17) is 0 Å². The van der Waals surface area contributed by atoms with Crippen molar-refractivity contribution < 1.29 is 14.4 Å². The molecule has 1 aromatic carbocycles. The van der Waals surface area contributed by atoms with E-state index in [0.29, 0.717) is 6.42 Å². The number of nitrogens with zero attached hydrogens (tertiary/aromatic N) is 1. The molecule has 1 aliphatic heterocycles. The van der Waals surface area contributed by atoms with Crippen LogP contribution in [-0.2, 0) is 16.0 Å². The number of thiophene rings is 1. The first-order valence-corrected chi connectivity index (χ1v) is 12.9. The minimum Gasteiger partial charge on any atom is -0.343 e. The SMILES string of the molecule is CCCCc1ccc(C(NC(=O)CN2C(=O)NC3(CCCCC3C)C2=O)c2cccs2)cc1. The van der Waals surface area contributed by atoms with Crippen molar-refractivity contribution >= 4 is 29.2 Å². The molecule has 176 valence electrons. The highest BCUT2D eigenvalue weighted by atomic mass is 32.1. The van der Waals surface area contributed by atoms with Gasteiger partial charge in [0.1, 0.15) is 12.1 Å². The Hall–Kier alpha value is -2.67. The van der Waals surface area contributed by atoms with Crippen LogP contribution < -0.4 is 10.6 Å². The number of rotatable bonds is 8. The van der Waals surface area contributed by atoms with E-state index in [1.54, 1.807) is 11.3 Å². The van der Waals surface area contributed by atoms with Gasteiger partial charge in [0.25, 0.3) is 5.91 Å². The number of amides is 4. The Morgan fingerprint density at radius 3 is 2.70 bits per heavy atom. The average molecular weight is 468 g/mol. The Morgan fingerprint density at radius 1 is 1.24 bits per heavy atom. The Balaban J connectivity index is 1.48. The van der Waals surface area contributed by atoms with Gasteiger partial charge in [-0.15, -0.1) is 11.3 Å². The summed E-state index contributed by atoms with van der Waals surface area (Å²) in [5.74, 6) is -0.531. The number of benzene rings is 1. The predicted molar refractivity (Wildman–Crippen MR) is 130 cm³/mol. The molecule has 1 aliphatic carbocycles. The summed E-state index contributed by atoms with van der Waals surface area (Å²) >= 11 is 1.57. The molecule has 1 saturated carbocycles. The van der Waals surface area contributed by atoms with Gasteiger partial charge >= 0.3 is 6.03 Å². The minimum absolute atomic E-state index is 0.0702. The van der Waals surface area contributed by atoms with E-state index in [1.165, 1.54) is 5.56 Å². The largest absolute Gasteiger partial charge is 0.343 e. The summed E-state index contributed by atoms with van der Waals surface area (Å²) in [6.07, 6.45) is 6.85. The number of hydrogen-bond acceptors (Lipinski definition) is 4. The van der Waals surface area contributed by atoms with Crippen LogP contribution in [0.5, 0.6) is 0 Å². The van der Waals surface area contributed by atoms with Crippen LogP contribution in [0, 0.1) is 5.92 Å². The van der Waals surface area contributed by atoms with Crippen LogP contribution in [0.3, 0.4) is 0 Å². The molecule has 3 unspecified atom stereocenters. The molecule has 2 aliphatic rings. The maximum absolute atomic E-state index is 13.2. The minimum atomic E-state index is -0.850. The van der Waals surface area contributed by atoms with Gasteiger partial charge in [-0.05, 0) is 54.2 Å². The van der Waals surface area contributed by atoms with Gasteiger partial charge in [0.05, 0.1) is 6.04 Å². The summed E-state index contributed by atoms with van der Waals surface area (Å²) < 4.78 is 0. The lowest BCUT2D eigenvalue weighted by atomic mass is 9.73. The molecular weight excluding hydrogens is 434 g/mol. The molecule has 1 saturated heterocycles. The van der Waals surface area contributed by atoms with Gasteiger partial charge in [-0.2, -0.15) is 0 Å². The van der Waals surface area contributed by atoms with E-state index in [2.05, 4.69) is 41.8 Å². The molecule has 4 amide bonds. The monoisotopic (exact) mass is 467 g/mol. The highest BCUT2D eigenvalue weighted by Crippen LogP contribution is 2.38. The summed E-state index contributed by atoms with van der Waals surface area (Å²) in [5, 5.41) is 7.97. The van der Waals surface area contributed by atoms with E-state index in [1.807, 2.05) is 24.4 Å². The smallest absolute Gasteiger partial charge is 0.325 e. The van der Waals surface area contributed by atoms with Crippen LogP contribution in [0.2, 0.25) is 0 Å². The van der Waals surface area contributed by atoms with Gasteiger partial charge in [0.15, 0.2) is 0 Å². The number of urea groups is 1. The maximum Gasteiger partial charge on any atom is 0.325 e. The van der Waals surface area contributed by atoms with Gasteiger partial charge in [-0.25, -0.2) is 4.79 Å². The van der Waals surface area contributed by atoms with Crippen molar-refractivity contribution in [3.63, 3.8) is 0 Å². The van der Waals surface area contributed by atoms with E-state index in [-0.39, 0.29) is 30.3 Å². The third kappa shape index (κ3) is 4.83. The summed E-state index contributed by atoms with van der Waals surface area (Å²) in [5.41, 5.74) is 1.42. The van der Waals surface area contributed by atoms with Crippen LogP contribution in [-0.4, -0.2) is 34.8 Å². The fourth-order valence-electron chi connectivity index (χ4n) is 5.02. The molecule has 0 bridgehead atoms. The highest BCUT2D eigenvalue weighted by Gasteiger charge is 2.55. The third-order valence-electron chi connectivity index (χ3n) is 7.07. The second kappa shape index (κ2) is 10.1. The summed E-state index contributed by atoms with van der Waals surface area (Å²) in [4.78, 5) is 41.0. The zero-order valence-corrected chi connectivity index (χ0v) is 20.2. The van der Waals surface area contributed by atoms with Crippen molar-refractivity contribution in [2.24, 2.45) is 5.92 Å². The average Bonchev–Trinajstić information content (AvgIpc) is 3.42. The topological polar surface area (TPSA) is 78.5 Å². The lowest BCUT2D eigenvalue weighted by Crippen LogP contribution is -2.54. The second-order valence-corrected chi connectivity index (χ2v) is 10.3. The standard InChI is InChI=1S/C26H33N3O3S/c1-3-4-9-19-11-13-20(14-12-19)23(21-10-7-16-33-21)27-22(30)17-29-24(31)26(28-25(29)32)15-6-5-8-18(26)2/h7,10-14,16,18,23H,3-6,8-9,15,17H2,1-2H3,(H,27,30)(H,28,32). The molecule has 4 rings (SSSR count). The number of unbranched alkanes of at least 4 members (excludes halogenated alkanes) is 1. The molecule has 1 aromatic heterocycles. The molecule has 0 radical (unpaired) electrons. The first-order valence-electron chi connectivity index (χ1n) is 12.0. The van der Waals surface area contributed by atoms with Gasteiger partial charge < -0.3 is 10.6 Å². The van der Waals surface area contributed by atoms with E-state index in [9.17, 15) is 14.4 Å². The first-order chi connectivity index (χ1) is 15.9. The Labute approximate surface area is 199 Å². The van der Waals surface area contributed by atoms with Gasteiger partial charge in [-0.1, -0.05) is 63.4 Å². The molecule has 1 spiro atoms. The lowest BCUT2D eigenvalue weighted by molar-refractivity contribution is -0.137. The number of carbonyl (C=O) groups is 3. The van der Waals surface area contributed by atoms with E-state index >= 15 is 0 Å². The zero-order valence-electron chi connectivity index (χ0n) is 19.4. The fraction of sp³-hybridized carbons (Fsp3) is 0.500. The lowest BCUT2D eigenvalue weighted by Gasteiger charge is -2.36. The molecule has 7 heteroatoms. The second-order valence-electron chi connectivity index (χ2n) is 9.30. The number of nitrogens with one attached hydrogen (secondary N) is 2. The molecule has 33 heavy (non-hydrogen) atoms. The van der Waals surface area contributed by atoms with Crippen LogP contribution in [0.1, 0.15) is 74.4 Å². The van der Waals surface area contributed by atoms with Crippen molar-refractivity contribution in [3.05, 3.63) is 57.8 Å². The fourth-order valence-corrected chi connectivity index (χ4v) is 5.82. The van der Waals surface area contributed by atoms with Crippen molar-refractivity contribution in [2.75, 3.05) is 6.54 Å². The normalized spacial score (nSPS) is 23.6. The molecule has 2 N–H and O–H groups in total. The van der Waals surface area contributed by atoms with Crippen LogP contribution >= 0.6 is 11.3 Å². The molecule has 2 heterocycles. The molecular formula is C26H33N3O3S. The molecule has 2 fully saturated rings. The summed E-state index contributed by atoms with van der Waals surface area (Å²) in [6.45, 7) is 3.92. The zero-order chi connectivity index (χ0) is 23.4. The van der Waals surface area contributed by atoms with Crippen LogP contribution in [0.4, 0.5) is 4.79 Å².